The zero-order valence-corrected chi connectivity index (χ0v) is 28.8. The number of nitrogens with one attached hydrogen (secondary N) is 1. The molecule has 1 amide bonds. The molecule has 1 heterocycles. The summed E-state index contributed by atoms with van der Waals surface area (Å²) in [6, 6.07) is 21.5. The number of anilines is 1. The topological polar surface area (TPSA) is 104 Å². The number of benzene rings is 4. The molecule has 0 aliphatic rings. The van der Waals surface area contributed by atoms with E-state index in [-0.39, 0.29) is 24.0 Å². The van der Waals surface area contributed by atoms with Gasteiger partial charge >= 0.3 is 0 Å². The van der Waals surface area contributed by atoms with E-state index in [0.717, 1.165) is 22.4 Å². The van der Waals surface area contributed by atoms with Gasteiger partial charge in [0, 0.05) is 16.3 Å². The molecule has 0 aliphatic carbocycles. The van der Waals surface area contributed by atoms with E-state index >= 15 is 0 Å². The Morgan fingerprint density at radius 1 is 1.04 bits per heavy atom. The van der Waals surface area contributed by atoms with Crippen LogP contribution in [-0.4, -0.2) is 42.6 Å². The fourth-order valence-corrected chi connectivity index (χ4v) is 5.83. The highest BCUT2D eigenvalue weighted by Crippen LogP contribution is 2.35. The van der Waals surface area contributed by atoms with E-state index < -0.39 is 0 Å². The third-order valence-corrected chi connectivity index (χ3v) is 8.30. The number of fused-ring (bicyclic) bond motifs is 1. The van der Waals surface area contributed by atoms with Gasteiger partial charge in [0.25, 0.3) is 11.5 Å². The Labute approximate surface area is 285 Å². The molecule has 0 saturated heterocycles. The van der Waals surface area contributed by atoms with Gasteiger partial charge in [0.15, 0.2) is 23.9 Å². The lowest BCUT2D eigenvalue weighted by Crippen LogP contribution is -2.21. The second-order valence-electron chi connectivity index (χ2n) is 10.8. The van der Waals surface area contributed by atoms with Crippen molar-refractivity contribution in [3.8, 4) is 28.6 Å². The molecule has 0 unspecified atom stereocenters. The smallest absolute Gasteiger partial charge is 0.282 e. The van der Waals surface area contributed by atoms with Gasteiger partial charge in [-0.1, -0.05) is 37.6 Å². The SMILES string of the molecule is COc1cc(C)c(-c2nc3ccccc3c(=O)n2N=Cc2cc(I)c(OCC(=O)Nc3ccc(Cl)cc3)c(OC)c2)cc1C(C)C. The number of para-hydroxylation sites is 1. The molecular formula is C35H32ClIN4O5. The number of amides is 1. The summed E-state index contributed by atoms with van der Waals surface area (Å²) in [7, 11) is 3.17. The molecule has 236 valence electrons. The Morgan fingerprint density at radius 2 is 1.76 bits per heavy atom. The van der Waals surface area contributed by atoms with Gasteiger partial charge in [0.1, 0.15) is 5.75 Å². The quantitative estimate of drug-likeness (QED) is 0.116. The highest BCUT2D eigenvalue weighted by atomic mass is 127. The van der Waals surface area contributed by atoms with Crippen LogP contribution in [0.2, 0.25) is 5.02 Å². The third-order valence-electron chi connectivity index (χ3n) is 7.24. The van der Waals surface area contributed by atoms with Crippen LogP contribution in [0.3, 0.4) is 0 Å². The molecule has 4 aromatic carbocycles. The molecule has 1 N–H and O–H groups in total. The number of rotatable bonds is 10. The van der Waals surface area contributed by atoms with Gasteiger partial charge in [0.05, 0.1) is 34.9 Å². The Bertz CT molecular complexity index is 2010. The Morgan fingerprint density at radius 3 is 2.46 bits per heavy atom. The van der Waals surface area contributed by atoms with Crippen LogP contribution in [0.5, 0.6) is 17.2 Å². The maximum atomic E-state index is 13.8. The molecule has 0 spiro atoms. The van der Waals surface area contributed by atoms with E-state index in [9.17, 15) is 9.59 Å². The van der Waals surface area contributed by atoms with Crippen LogP contribution in [0, 0.1) is 10.5 Å². The molecule has 0 fully saturated rings. The number of carbonyl (C=O) groups is 1. The first-order valence-corrected chi connectivity index (χ1v) is 15.9. The summed E-state index contributed by atoms with van der Waals surface area (Å²) in [5.41, 5.74) is 4.20. The zero-order valence-electron chi connectivity index (χ0n) is 25.9. The minimum atomic E-state index is -0.337. The summed E-state index contributed by atoms with van der Waals surface area (Å²) in [6.07, 6.45) is 1.57. The van der Waals surface area contributed by atoms with Crippen LogP contribution >= 0.6 is 34.2 Å². The lowest BCUT2D eigenvalue weighted by molar-refractivity contribution is -0.118. The van der Waals surface area contributed by atoms with Gasteiger partial charge in [-0.05, 0) is 113 Å². The van der Waals surface area contributed by atoms with Crippen LogP contribution in [0.25, 0.3) is 22.3 Å². The lowest BCUT2D eigenvalue weighted by atomic mass is 9.96. The monoisotopic (exact) mass is 750 g/mol. The molecule has 0 aliphatic heterocycles. The summed E-state index contributed by atoms with van der Waals surface area (Å²) in [5.74, 6) is 1.85. The van der Waals surface area contributed by atoms with Crippen LogP contribution < -0.4 is 25.1 Å². The number of carbonyl (C=O) groups excluding carboxylic acids is 1. The second-order valence-corrected chi connectivity index (χ2v) is 12.4. The van der Waals surface area contributed by atoms with Crippen LogP contribution in [0.15, 0.2) is 82.7 Å². The van der Waals surface area contributed by atoms with E-state index in [2.05, 4.69) is 46.9 Å². The number of nitrogens with zero attached hydrogens (tertiary/aromatic N) is 3. The number of aromatic nitrogens is 2. The average molecular weight is 751 g/mol. The van der Waals surface area contributed by atoms with Crippen LogP contribution in [0.1, 0.15) is 36.5 Å². The predicted molar refractivity (Wildman–Crippen MR) is 191 cm³/mol. The van der Waals surface area contributed by atoms with Gasteiger partial charge in [0.2, 0.25) is 0 Å². The van der Waals surface area contributed by atoms with Crippen molar-refractivity contribution >= 4 is 62.9 Å². The minimum Gasteiger partial charge on any atom is -0.496 e. The van der Waals surface area contributed by atoms with Crippen molar-refractivity contribution in [3.63, 3.8) is 0 Å². The van der Waals surface area contributed by atoms with Crippen molar-refractivity contribution in [1.29, 1.82) is 0 Å². The fourth-order valence-electron chi connectivity index (χ4n) is 4.92. The Balaban J connectivity index is 1.50. The van der Waals surface area contributed by atoms with Crippen LogP contribution in [-0.2, 0) is 4.79 Å². The van der Waals surface area contributed by atoms with Gasteiger partial charge in [-0.2, -0.15) is 9.78 Å². The second kappa shape index (κ2) is 14.3. The summed E-state index contributed by atoms with van der Waals surface area (Å²) >= 11 is 8.04. The van der Waals surface area contributed by atoms with Gasteiger partial charge in [-0.3, -0.25) is 9.59 Å². The molecule has 0 saturated carbocycles. The van der Waals surface area contributed by atoms with E-state index in [4.69, 9.17) is 30.8 Å². The van der Waals surface area contributed by atoms with Gasteiger partial charge in [-0.25, -0.2) is 4.98 Å². The standard InChI is InChI=1S/C35H32ClIN4O5/c1-20(2)26-17-27(21(3)14-30(26)44-4)34-40-29-9-7-6-8-25(29)35(43)41(34)38-18-22-15-28(37)33(31(16-22)45-5)46-19-32(42)39-24-12-10-23(36)11-13-24/h6-18,20H,19H2,1-5H3,(H,39,42). The van der Waals surface area contributed by atoms with Crippen molar-refractivity contribution in [2.75, 3.05) is 26.1 Å². The molecule has 0 bridgehead atoms. The van der Waals surface area contributed by atoms with E-state index in [1.165, 1.54) is 11.8 Å². The first kappa shape index (κ1) is 33.0. The highest BCUT2D eigenvalue weighted by Gasteiger charge is 2.19. The molecule has 1 aromatic heterocycles. The number of hydrogen-bond donors (Lipinski definition) is 1. The Kier molecular flexibility index (Phi) is 10.3. The first-order chi connectivity index (χ1) is 22.1. The summed E-state index contributed by atoms with van der Waals surface area (Å²) < 4.78 is 19.1. The fraction of sp³-hybridized carbons (Fsp3) is 0.200. The van der Waals surface area contributed by atoms with Crippen molar-refractivity contribution in [1.82, 2.24) is 9.66 Å². The van der Waals surface area contributed by atoms with Crippen molar-refractivity contribution in [3.05, 3.63) is 108 Å². The molecule has 5 rings (SSSR count). The molecule has 9 nitrogen and oxygen atoms in total. The lowest BCUT2D eigenvalue weighted by Gasteiger charge is -2.17. The molecule has 5 aromatic rings. The zero-order chi connectivity index (χ0) is 33.0. The van der Waals surface area contributed by atoms with E-state index in [1.807, 2.05) is 37.3 Å². The Hall–Kier alpha value is -4.42. The van der Waals surface area contributed by atoms with Gasteiger partial charge < -0.3 is 19.5 Å². The first-order valence-electron chi connectivity index (χ1n) is 14.4. The molecular weight excluding hydrogens is 719 g/mol. The average Bonchev–Trinajstić information content (AvgIpc) is 3.04. The van der Waals surface area contributed by atoms with Crippen molar-refractivity contribution in [2.45, 2.75) is 26.7 Å². The number of hydrogen-bond acceptors (Lipinski definition) is 7. The van der Waals surface area contributed by atoms with Gasteiger partial charge in [-0.15, -0.1) is 0 Å². The number of aryl methyl sites for hydroxylation is 1. The summed E-state index contributed by atoms with van der Waals surface area (Å²) in [6.45, 7) is 5.90. The maximum Gasteiger partial charge on any atom is 0.282 e. The molecule has 11 heteroatoms. The number of halogens is 2. The van der Waals surface area contributed by atoms with E-state index in [0.29, 0.717) is 48.1 Å². The third kappa shape index (κ3) is 7.18. The summed E-state index contributed by atoms with van der Waals surface area (Å²) in [5, 5.41) is 8.44. The molecule has 0 atom stereocenters. The number of ether oxygens (including phenoxy) is 3. The summed E-state index contributed by atoms with van der Waals surface area (Å²) in [4.78, 5) is 31.2. The largest absolute Gasteiger partial charge is 0.496 e. The van der Waals surface area contributed by atoms with E-state index in [1.54, 1.807) is 55.8 Å². The predicted octanol–water partition coefficient (Wildman–Crippen LogP) is 7.67. The highest BCUT2D eigenvalue weighted by molar-refractivity contribution is 14.1. The molecule has 0 radical (unpaired) electrons. The maximum absolute atomic E-state index is 13.8. The van der Waals surface area contributed by atoms with Crippen LogP contribution in [0.4, 0.5) is 5.69 Å². The van der Waals surface area contributed by atoms with Crippen molar-refractivity contribution < 1.29 is 19.0 Å². The minimum absolute atomic E-state index is 0.178. The number of methoxy groups -OCH3 is 2. The normalized spacial score (nSPS) is 11.3. The van der Waals surface area contributed by atoms with Crippen molar-refractivity contribution in [2.24, 2.45) is 5.10 Å². The molecule has 46 heavy (non-hydrogen) atoms.